The summed E-state index contributed by atoms with van der Waals surface area (Å²) in [5.41, 5.74) is 0.968. The predicted octanol–water partition coefficient (Wildman–Crippen LogP) is 4.34. The lowest BCUT2D eigenvalue weighted by molar-refractivity contribution is 0.102. The van der Waals surface area contributed by atoms with Crippen LogP contribution >= 0.6 is 0 Å². The molecule has 1 amide bonds. The average molecular weight is 405 g/mol. The highest BCUT2D eigenvalue weighted by Gasteiger charge is 2.29. The minimum absolute atomic E-state index is 0.0158. The molecule has 0 spiro atoms. The average Bonchev–Trinajstić information content (AvgIpc) is 2.70. The van der Waals surface area contributed by atoms with E-state index in [-0.39, 0.29) is 22.2 Å². The fourth-order valence-corrected chi connectivity index (χ4v) is 4.98. The molecule has 1 fully saturated rings. The standard InChI is InChI=1S/C21H25FN2O3S/c1-15-11-12-20(19(22)13-15)23-21(25)16-7-6-10-18(14-16)28(26,27)24(2)17-8-4-3-5-9-17/h6-7,10-14,17H,3-5,8-9H2,1-2H3,(H,23,25). The molecule has 5 nitrogen and oxygen atoms in total. The summed E-state index contributed by atoms with van der Waals surface area (Å²) in [7, 11) is -2.11. The van der Waals surface area contributed by atoms with E-state index in [0.717, 1.165) is 37.7 Å². The summed E-state index contributed by atoms with van der Waals surface area (Å²) in [4.78, 5) is 12.6. The van der Waals surface area contributed by atoms with E-state index >= 15 is 0 Å². The van der Waals surface area contributed by atoms with Gasteiger partial charge in [-0.15, -0.1) is 0 Å². The van der Waals surface area contributed by atoms with Crippen molar-refractivity contribution in [1.29, 1.82) is 0 Å². The third kappa shape index (κ3) is 4.42. The first-order valence-corrected chi connectivity index (χ1v) is 10.9. The highest BCUT2D eigenvalue weighted by atomic mass is 32.2. The number of hydrogen-bond acceptors (Lipinski definition) is 3. The first kappa shape index (κ1) is 20.5. The Morgan fingerprint density at radius 3 is 2.50 bits per heavy atom. The van der Waals surface area contributed by atoms with Gasteiger partial charge in [-0.25, -0.2) is 12.8 Å². The van der Waals surface area contributed by atoms with E-state index in [2.05, 4.69) is 5.32 Å². The molecule has 28 heavy (non-hydrogen) atoms. The van der Waals surface area contributed by atoms with Gasteiger partial charge in [0.05, 0.1) is 10.6 Å². The molecule has 2 aromatic carbocycles. The van der Waals surface area contributed by atoms with Gasteiger partial charge in [-0.2, -0.15) is 4.31 Å². The van der Waals surface area contributed by atoms with E-state index in [1.54, 1.807) is 20.0 Å². The largest absolute Gasteiger partial charge is 0.319 e. The van der Waals surface area contributed by atoms with E-state index in [1.165, 1.54) is 40.7 Å². The molecule has 0 unspecified atom stereocenters. The lowest BCUT2D eigenvalue weighted by Gasteiger charge is -2.30. The van der Waals surface area contributed by atoms with Gasteiger partial charge < -0.3 is 5.32 Å². The number of carbonyl (C=O) groups excluding carboxylic acids is 1. The van der Waals surface area contributed by atoms with Gasteiger partial charge >= 0.3 is 0 Å². The van der Waals surface area contributed by atoms with Crippen LogP contribution in [0.1, 0.15) is 48.0 Å². The first-order chi connectivity index (χ1) is 13.3. The van der Waals surface area contributed by atoms with Gasteiger partial charge in [0, 0.05) is 18.7 Å². The number of halogens is 1. The second-order valence-corrected chi connectivity index (χ2v) is 9.28. The van der Waals surface area contributed by atoms with Gasteiger partial charge in [-0.1, -0.05) is 31.4 Å². The molecular weight excluding hydrogens is 379 g/mol. The molecule has 150 valence electrons. The zero-order chi connectivity index (χ0) is 20.3. The Balaban J connectivity index is 1.81. The van der Waals surface area contributed by atoms with Gasteiger partial charge in [0.25, 0.3) is 5.91 Å². The second kappa shape index (κ2) is 8.41. The summed E-state index contributed by atoms with van der Waals surface area (Å²) in [6, 6.07) is 10.4. The van der Waals surface area contributed by atoms with Crippen LogP contribution in [0.15, 0.2) is 47.4 Å². The Labute approximate surface area is 165 Å². The predicted molar refractivity (Wildman–Crippen MR) is 107 cm³/mol. The first-order valence-electron chi connectivity index (χ1n) is 9.44. The van der Waals surface area contributed by atoms with Crippen LogP contribution in [0.2, 0.25) is 0 Å². The Bertz CT molecular complexity index is 969. The van der Waals surface area contributed by atoms with Crippen molar-refractivity contribution < 1.29 is 17.6 Å². The van der Waals surface area contributed by atoms with Crippen molar-refractivity contribution in [3.8, 4) is 0 Å². The molecule has 1 aliphatic rings. The minimum Gasteiger partial charge on any atom is -0.319 e. The Kier molecular flexibility index (Phi) is 6.15. The lowest BCUT2D eigenvalue weighted by Crippen LogP contribution is -2.38. The number of benzene rings is 2. The number of hydrogen-bond donors (Lipinski definition) is 1. The number of anilines is 1. The molecule has 1 aliphatic carbocycles. The van der Waals surface area contributed by atoms with Crippen molar-refractivity contribution in [2.75, 3.05) is 12.4 Å². The number of nitrogens with one attached hydrogen (secondary N) is 1. The van der Waals surface area contributed by atoms with Crippen LogP contribution < -0.4 is 5.32 Å². The monoisotopic (exact) mass is 404 g/mol. The topological polar surface area (TPSA) is 66.5 Å². The van der Waals surface area contributed by atoms with E-state index in [1.807, 2.05) is 0 Å². The van der Waals surface area contributed by atoms with E-state index in [0.29, 0.717) is 0 Å². The van der Waals surface area contributed by atoms with Crippen molar-refractivity contribution in [2.24, 2.45) is 0 Å². The fourth-order valence-electron chi connectivity index (χ4n) is 3.52. The number of aryl methyl sites for hydroxylation is 1. The van der Waals surface area contributed by atoms with Crippen molar-refractivity contribution >= 4 is 21.6 Å². The molecular formula is C21H25FN2O3S. The van der Waals surface area contributed by atoms with E-state index in [9.17, 15) is 17.6 Å². The fraction of sp³-hybridized carbons (Fsp3) is 0.381. The number of rotatable bonds is 5. The Hall–Kier alpha value is -2.25. The summed E-state index contributed by atoms with van der Waals surface area (Å²) >= 11 is 0. The van der Waals surface area contributed by atoms with Crippen LogP contribution in [0.25, 0.3) is 0 Å². The van der Waals surface area contributed by atoms with Crippen LogP contribution in [0.5, 0.6) is 0 Å². The molecule has 0 aromatic heterocycles. The van der Waals surface area contributed by atoms with Crippen molar-refractivity contribution in [2.45, 2.75) is 50.0 Å². The molecule has 0 saturated heterocycles. The van der Waals surface area contributed by atoms with Crippen LogP contribution in [-0.2, 0) is 10.0 Å². The van der Waals surface area contributed by atoms with Crippen LogP contribution in [0.3, 0.4) is 0 Å². The molecule has 0 atom stereocenters. The number of carbonyl (C=O) groups is 1. The summed E-state index contributed by atoms with van der Waals surface area (Å²) in [6.45, 7) is 1.76. The third-order valence-corrected chi connectivity index (χ3v) is 7.14. The van der Waals surface area contributed by atoms with Crippen molar-refractivity contribution in [1.82, 2.24) is 4.31 Å². The van der Waals surface area contributed by atoms with Gasteiger partial charge in [0.2, 0.25) is 10.0 Å². The number of nitrogens with zero attached hydrogens (tertiary/aromatic N) is 1. The molecule has 0 bridgehead atoms. The quantitative estimate of drug-likeness (QED) is 0.806. The maximum Gasteiger partial charge on any atom is 0.255 e. The van der Waals surface area contributed by atoms with Crippen LogP contribution in [-0.4, -0.2) is 31.7 Å². The normalized spacial score (nSPS) is 15.6. The highest BCUT2D eigenvalue weighted by molar-refractivity contribution is 7.89. The smallest absolute Gasteiger partial charge is 0.255 e. The summed E-state index contributed by atoms with van der Waals surface area (Å²) in [6.07, 6.45) is 4.88. The molecule has 0 heterocycles. The zero-order valence-electron chi connectivity index (χ0n) is 16.1. The highest BCUT2D eigenvalue weighted by Crippen LogP contribution is 2.27. The minimum atomic E-state index is -3.70. The number of amides is 1. The molecule has 1 saturated carbocycles. The maximum atomic E-state index is 14.0. The zero-order valence-corrected chi connectivity index (χ0v) is 16.9. The molecule has 0 aliphatic heterocycles. The molecule has 0 radical (unpaired) electrons. The summed E-state index contributed by atoms with van der Waals surface area (Å²) in [5.74, 6) is -1.09. The Morgan fingerprint density at radius 1 is 1.11 bits per heavy atom. The molecule has 3 rings (SSSR count). The summed E-state index contributed by atoms with van der Waals surface area (Å²) in [5, 5.41) is 2.50. The van der Waals surface area contributed by atoms with Gasteiger partial charge in [0.15, 0.2) is 0 Å². The molecule has 2 aromatic rings. The number of sulfonamides is 1. The van der Waals surface area contributed by atoms with Crippen LogP contribution in [0, 0.1) is 12.7 Å². The van der Waals surface area contributed by atoms with Gasteiger partial charge in [0.1, 0.15) is 5.82 Å². The van der Waals surface area contributed by atoms with Gasteiger partial charge in [-0.3, -0.25) is 4.79 Å². The molecule has 1 N–H and O–H groups in total. The van der Waals surface area contributed by atoms with Crippen molar-refractivity contribution in [3.05, 3.63) is 59.4 Å². The van der Waals surface area contributed by atoms with Crippen molar-refractivity contribution in [3.63, 3.8) is 0 Å². The SMILES string of the molecule is Cc1ccc(NC(=O)c2cccc(S(=O)(=O)N(C)C3CCCCC3)c2)c(F)c1. The van der Waals surface area contributed by atoms with Crippen LogP contribution in [0.4, 0.5) is 10.1 Å². The maximum absolute atomic E-state index is 14.0. The van der Waals surface area contributed by atoms with E-state index < -0.39 is 21.7 Å². The molecule has 7 heteroatoms. The van der Waals surface area contributed by atoms with E-state index in [4.69, 9.17) is 0 Å². The third-order valence-electron chi connectivity index (χ3n) is 5.23. The lowest BCUT2D eigenvalue weighted by atomic mass is 9.96. The van der Waals surface area contributed by atoms with Gasteiger partial charge in [-0.05, 0) is 55.7 Å². The summed E-state index contributed by atoms with van der Waals surface area (Å²) < 4.78 is 41.4. The Morgan fingerprint density at radius 2 is 1.82 bits per heavy atom. The second-order valence-electron chi connectivity index (χ2n) is 7.28.